The number of hydrogen-bond donors (Lipinski definition) is 1. The Bertz CT molecular complexity index is 606. The van der Waals surface area contributed by atoms with Crippen LogP contribution in [0.5, 0.6) is 0 Å². The number of esters is 1. The Hall–Kier alpha value is -0.830. The van der Waals surface area contributed by atoms with Gasteiger partial charge in [-0.15, -0.1) is 0 Å². The Morgan fingerprint density at radius 3 is 2.56 bits per heavy atom. The number of carbonyl (C=O) groups excluding carboxylic acids is 1. The van der Waals surface area contributed by atoms with Crippen LogP contribution in [0.15, 0.2) is 11.6 Å². The summed E-state index contributed by atoms with van der Waals surface area (Å²) in [5, 5.41) is 11.0. The third-order valence-electron chi connectivity index (χ3n) is 8.95. The number of allylic oxidation sites excluding steroid dienone is 1. The maximum absolute atomic E-state index is 11.3. The Morgan fingerprint density at radius 1 is 1.12 bits per heavy atom. The molecule has 3 nitrogen and oxygen atoms in total. The van der Waals surface area contributed by atoms with Gasteiger partial charge >= 0.3 is 5.97 Å². The van der Waals surface area contributed by atoms with Crippen molar-refractivity contribution in [2.24, 2.45) is 28.6 Å². The molecule has 4 aliphatic rings. The van der Waals surface area contributed by atoms with Crippen molar-refractivity contribution in [1.29, 1.82) is 0 Å². The molecule has 0 aromatic carbocycles. The van der Waals surface area contributed by atoms with Crippen molar-refractivity contribution in [2.45, 2.75) is 90.8 Å². The molecule has 0 aliphatic heterocycles. The van der Waals surface area contributed by atoms with E-state index >= 15 is 0 Å². The van der Waals surface area contributed by atoms with Gasteiger partial charge in [0.15, 0.2) is 0 Å². The van der Waals surface area contributed by atoms with Crippen LogP contribution in [0.4, 0.5) is 0 Å². The number of carbonyl (C=O) groups is 1. The molecule has 0 bridgehead atoms. The zero-order valence-electron chi connectivity index (χ0n) is 16.3. The van der Waals surface area contributed by atoms with Crippen LogP contribution in [0.3, 0.4) is 0 Å². The second-order valence-corrected chi connectivity index (χ2v) is 10.0. The Balaban J connectivity index is 1.60. The van der Waals surface area contributed by atoms with Crippen molar-refractivity contribution in [2.75, 3.05) is 0 Å². The lowest BCUT2D eigenvalue weighted by atomic mass is 9.47. The van der Waals surface area contributed by atoms with Gasteiger partial charge in [-0.05, 0) is 80.5 Å². The van der Waals surface area contributed by atoms with Crippen LogP contribution in [-0.2, 0) is 9.53 Å². The fourth-order valence-electron chi connectivity index (χ4n) is 7.21. The van der Waals surface area contributed by atoms with Gasteiger partial charge in [0.1, 0.15) is 6.10 Å². The zero-order valence-corrected chi connectivity index (χ0v) is 16.3. The highest BCUT2D eigenvalue weighted by molar-refractivity contribution is 5.66. The van der Waals surface area contributed by atoms with E-state index in [0.717, 1.165) is 44.4 Å². The summed E-state index contributed by atoms with van der Waals surface area (Å²) in [6.45, 7) is 8.41. The Morgan fingerprint density at radius 2 is 1.84 bits per heavy atom. The molecule has 4 aliphatic carbocycles. The SMILES string of the molecule is CC(=O)O[C@H]1CC[C@@]2(C)C(=CCC3C2CC[C@@]2(C)C3CC[C@]2(C)O)C1. The third kappa shape index (κ3) is 2.44. The summed E-state index contributed by atoms with van der Waals surface area (Å²) >= 11 is 0. The van der Waals surface area contributed by atoms with Crippen molar-refractivity contribution in [3.05, 3.63) is 11.6 Å². The monoisotopic (exact) mass is 346 g/mol. The van der Waals surface area contributed by atoms with Crippen LogP contribution >= 0.6 is 0 Å². The van der Waals surface area contributed by atoms with Crippen LogP contribution in [0.1, 0.15) is 79.1 Å². The molecular weight excluding hydrogens is 312 g/mol. The maximum atomic E-state index is 11.3. The highest BCUT2D eigenvalue weighted by Gasteiger charge is 2.62. The smallest absolute Gasteiger partial charge is 0.302 e. The number of fused-ring (bicyclic) bond motifs is 5. The highest BCUT2D eigenvalue weighted by atomic mass is 16.5. The molecule has 3 fully saturated rings. The summed E-state index contributed by atoms with van der Waals surface area (Å²) in [7, 11) is 0. The minimum Gasteiger partial charge on any atom is -0.462 e. The molecule has 0 aromatic heterocycles. The maximum Gasteiger partial charge on any atom is 0.302 e. The largest absolute Gasteiger partial charge is 0.462 e. The van der Waals surface area contributed by atoms with Crippen molar-refractivity contribution in [1.82, 2.24) is 0 Å². The topological polar surface area (TPSA) is 46.5 Å². The molecular formula is C22H34O3. The molecule has 140 valence electrons. The van der Waals surface area contributed by atoms with Gasteiger partial charge < -0.3 is 9.84 Å². The molecule has 0 heterocycles. The normalized spacial score (nSPS) is 51.8. The number of aliphatic hydroxyl groups is 1. The second-order valence-electron chi connectivity index (χ2n) is 10.0. The van der Waals surface area contributed by atoms with Crippen molar-refractivity contribution in [3.8, 4) is 0 Å². The third-order valence-corrected chi connectivity index (χ3v) is 8.95. The fraction of sp³-hybridized carbons (Fsp3) is 0.864. The van der Waals surface area contributed by atoms with E-state index in [1.54, 1.807) is 5.57 Å². The van der Waals surface area contributed by atoms with E-state index in [1.807, 2.05) is 0 Å². The predicted molar refractivity (Wildman–Crippen MR) is 97.9 cm³/mol. The summed E-state index contributed by atoms with van der Waals surface area (Å²) in [6.07, 6.45) is 11.3. The summed E-state index contributed by atoms with van der Waals surface area (Å²) in [5.41, 5.74) is 1.40. The molecule has 0 saturated heterocycles. The standard InChI is InChI=1S/C22H34O3/c1-14(23)25-16-7-10-20(2)15(13-16)5-6-17-18(20)8-11-21(3)19(17)9-12-22(21,4)24/h5,16-19,24H,6-13H2,1-4H3/t16-,17?,18?,19?,20-,21-,22-/m0/s1. The van der Waals surface area contributed by atoms with E-state index < -0.39 is 5.60 Å². The first-order valence-electron chi connectivity index (χ1n) is 10.3. The summed E-state index contributed by atoms with van der Waals surface area (Å²) in [6, 6.07) is 0. The van der Waals surface area contributed by atoms with Crippen molar-refractivity contribution in [3.63, 3.8) is 0 Å². The van der Waals surface area contributed by atoms with Crippen LogP contribution in [-0.4, -0.2) is 22.8 Å². The van der Waals surface area contributed by atoms with Crippen LogP contribution < -0.4 is 0 Å². The first kappa shape index (κ1) is 17.6. The molecule has 0 aromatic rings. The molecule has 0 spiro atoms. The first-order chi connectivity index (χ1) is 11.7. The lowest BCUT2D eigenvalue weighted by molar-refractivity contribution is -0.149. The lowest BCUT2D eigenvalue weighted by Crippen LogP contribution is -2.53. The zero-order chi connectivity index (χ0) is 18.0. The summed E-state index contributed by atoms with van der Waals surface area (Å²) < 4.78 is 5.52. The van der Waals surface area contributed by atoms with Gasteiger partial charge in [-0.25, -0.2) is 0 Å². The molecule has 3 unspecified atom stereocenters. The van der Waals surface area contributed by atoms with E-state index in [9.17, 15) is 9.90 Å². The average Bonchev–Trinajstić information content (AvgIpc) is 2.77. The van der Waals surface area contributed by atoms with E-state index in [1.165, 1.54) is 19.8 Å². The van der Waals surface area contributed by atoms with Gasteiger partial charge in [0.05, 0.1) is 5.60 Å². The van der Waals surface area contributed by atoms with Crippen LogP contribution in [0.2, 0.25) is 0 Å². The molecule has 3 heteroatoms. The summed E-state index contributed by atoms with van der Waals surface area (Å²) in [5.74, 6) is 1.95. The predicted octanol–water partition coefficient (Wildman–Crippen LogP) is 4.63. The average molecular weight is 347 g/mol. The van der Waals surface area contributed by atoms with Crippen LogP contribution in [0, 0.1) is 28.6 Å². The number of rotatable bonds is 1. The van der Waals surface area contributed by atoms with E-state index in [-0.39, 0.29) is 22.9 Å². The summed E-state index contributed by atoms with van der Waals surface area (Å²) in [4.78, 5) is 11.3. The Kier molecular flexibility index (Phi) is 3.92. The van der Waals surface area contributed by atoms with Gasteiger partial charge in [-0.2, -0.15) is 0 Å². The first-order valence-corrected chi connectivity index (χ1v) is 10.3. The minimum atomic E-state index is -0.499. The molecule has 4 rings (SSSR count). The molecule has 1 N–H and O–H groups in total. The van der Waals surface area contributed by atoms with E-state index in [2.05, 4.69) is 26.8 Å². The molecule has 0 radical (unpaired) electrons. The minimum absolute atomic E-state index is 0.0782. The second kappa shape index (κ2) is 5.58. The van der Waals surface area contributed by atoms with Gasteiger partial charge in [0.25, 0.3) is 0 Å². The Labute approximate surface area is 152 Å². The highest BCUT2D eigenvalue weighted by Crippen LogP contribution is 2.67. The lowest BCUT2D eigenvalue weighted by Gasteiger charge is -2.58. The molecule has 25 heavy (non-hydrogen) atoms. The van der Waals surface area contributed by atoms with E-state index in [4.69, 9.17) is 4.74 Å². The van der Waals surface area contributed by atoms with Gasteiger partial charge in [0, 0.05) is 13.3 Å². The number of ether oxygens (including phenoxy) is 1. The molecule has 7 atom stereocenters. The quantitative estimate of drug-likeness (QED) is 0.556. The van der Waals surface area contributed by atoms with Gasteiger partial charge in [-0.1, -0.05) is 25.5 Å². The van der Waals surface area contributed by atoms with Crippen molar-refractivity contribution >= 4 is 5.97 Å². The fourth-order valence-corrected chi connectivity index (χ4v) is 7.21. The molecule has 3 saturated carbocycles. The van der Waals surface area contributed by atoms with Crippen molar-refractivity contribution < 1.29 is 14.6 Å². The van der Waals surface area contributed by atoms with Crippen LogP contribution in [0.25, 0.3) is 0 Å². The van der Waals surface area contributed by atoms with Gasteiger partial charge in [-0.3, -0.25) is 4.79 Å². The number of hydrogen-bond acceptors (Lipinski definition) is 3. The van der Waals surface area contributed by atoms with Gasteiger partial charge in [0.2, 0.25) is 0 Å². The van der Waals surface area contributed by atoms with E-state index in [0.29, 0.717) is 11.8 Å². The molecule has 0 amide bonds.